The minimum absolute atomic E-state index is 0.0794. The summed E-state index contributed by atoms with van der Waals surface area (Å²) in [5.41, 5.74) is 6.74. The van der Waals surface area contributed by atoms with Crippen LogP contribution in [0, 0.1) is 5.92 Å². The standard InChI is InChI=1S/C20H26N4O3/c1-24(10-11-26-2)9-3-4-18(25)19-16-8-7-15(27-13-14-5-6-14)12-17(16)22-20(21)23-19/h3-4,7-8,12,14H,5-6,9-11,13H2,1-2H3,(H2,21,22,23). The van der Waals surface area contributed by atoms with Gasteiger partial charge in [0.2, 0.25) is 11.7 Å². The Balaban J connectivity index is 1.73. The maximum atomic E-state index is 12.6. The Morgan fingerprint density at radius 3 is 2.93 bits per heavy atom. The second-order valence-corrected chi connectivity index (χ2v) is 6.89. The van der Waals surface area contributed by atoms with E-state index in [2.05, 4.69) is 14.9 Å². The lowest BCUT2D eigenvalue weighted by atomic mass is 10.1. The predicted molar refractivity (Wildman–Crippen MR) is 105 cm³/mol. The van der Waals surface area contributed by atoms with Crippen LogP contribution in [0.25, 0.3) is 10.9 Å². The van der Waals surface area contributed by atoms with Crippen molar-refractivity contribution >= 4 is 22.6 Å². The van der Waals surface area contributed by atoms with E-state index in [4.69, 9.17) is 15.2 Å². The number of ether oxygens (including phenoxy) is 2. The van der Waals surface area contributed by atoms with Crippen molar-refractivity contribution in [1.82, 2.24) is 14.9 Å². The van der Waals surface area contributed by atoms with Crippen molar-refractivity contribution in [3.8, 4) is 5.75 Å². The molecule has 1 heterocycles. The lowest BCUT2D eigenvalue weighted by molar-refractivity contribution is 0.104. The molecule has 27 heavy (non-hydrogen) atoms. The first-order valence-electron chi connectivity index (χ1n) is 9.15. The zero-order valence-electron chi connectivity index (χ0n) is 15.9. The van der Waals surface area contributed by atoms with Gasteiger partial charge in [-0.15, -0.1) is 0 Å². The molecule has 1 saturated carbocycles. The van der Waals surface area contributed by atoms with Crippen molar-refractivity contribution in [2.45, 2.75) is 12.8 Å². The van der Waals surface area contributed by atoms with Crippen LogP contribution < -0.4 is 10.5 Å². The highest BCUT2D eigenvalue weighted by Crippen LogP contribution is 2.30. The summed E-state index contributed by atoms with van der Waals surface area (Å²) in [5.74, 6) is 1.29. The molecule has 0 atom stereocenters. The van der Waals surface area contributed by atoms with Crippen molar-refractivity contribution in [1.29, 1.82) is 0 Å². The Morgan fingerprint density at radius 1 is 1.37 bits per heavy atom. The summed E-state index contributed by atoms with van der Waals surface area (Å²) in [7, 11) is 3.63. The van der Waals surface area contributed by atoms with E-state index in [1.807, 2.05) is 31.3 Å². The number of fused-ring (bicyclic) bond motifs is 1. The number of methoxy groups -OCH3 is 1. The Kier molecular flexibility index (Phi) is 6.36. The highest BCUT2D eigenvalue weighted by molar-refractivity contribution is 6.11. The van der Waals surface area contributed by atoms with Crippen LogP contribution in [0.15, 0.2) is 30.4 Å². The van der Waals surface area contributed by atoms with E-state index in [1.54, 1.807) is 7.11 Å². The lowest BCUT2D eigenvalue weighted by Crippen LogP contribution is -2.22. The van der Waals surface area contributed by atoms with Crippen LogP contribution >= 0.6 is 0 Å². The molecule has 0 spiro atoms. The summed E-state index contributed by atoms with van der Waals surface area (Å²) in [6, 6.07) is 5.49. The molecule has 0 radical (unpaired) electrons. The molecule has 0 aliphatic heterocycles. The number of hydrogen-bond donors (Lipinski definition) is 1. The van der Waals surface area contributed by atoms with Crippen LogP contribution in [0.2, 0.25) is 0 Å². The molecule has 1 aliphatic rings. The molecular formula is C20H26N4O3. The van der Waals surface area contributed by atoms with E-state index < -0.39 is 0 Å². The van der Waals surface area contributed by atoms with Gasteiger partial charge in [0.25, 0.3) is 0 Å². The Labute approximate surface area is 159 Å². The van der Waals surface area contributed by atoms with E-state index in [1.165, 1.54) is 18.9 Å². The summed E-state index contributed by atoms with van der Waals surface area (Å²) < 4.78 is 10.8. The van der Waals surface area contributed by atoms with Gasteiger partial charge in [0.15, 0.2) is 0 Å². The number of ketones is 1. The van der Waals surface area contributed by atoms with Gasteiger partial charge in [-0.3, -0.25) is 4.79 Å². The molecule has 1 aliphatic carbocycles. The SMILES string of the molecule is COCCN(C)CC=CC(=O)c1nc(N)nc2cc(OCC3CC3)ccc12. The molecule has 7 nitrogen and oxygen atoms in total. The van der Waals surface area contributed by atoms with Crippen LogP contribution in [0.3, 0.4) is 0 Å². The molecule has 0 unspecified atom stereocenters. The quantitative estimate of drug-likeness (QED) is 0.507. The number of benzene rings is 1. The summed E-state index contributed by atoms with van der Waals surface area (Å²) in [6.07, 6.45) is 5.81. The summed E-state index contributed by atoms with van der Waals surface area (Å²) in [5, 5.41) is 0.672. The first-order chi connectivity index (χ1) is 13.1. The van der Waals surface area contributed by atoms with Crippen LogP contribution in [-0.2, 0) is 4.74 Å². The number of likely N-dealkylation sites (N-methyl/N-ethyl adjacent to an activating group) is 1. The van der Waals surface area contributed by atoms with Gasteiger partial charge in [0.05, 0.1) is 18.7 Å². The summed E-state index contributed by atoms with van der Waals surface area (Å²) in [6.45, 7) is 2.81. The Bertz CT molecular complexity index is 833. The Morgan fingerprint density at radius 2 is 2.19 bits per heavy atom. The molecule has 1 fully saturated rings. The van der Waals surface area contributed by atoms with Gasteiger partial charge in [-0.2, -0.15) is 0 Å². The van der Waals surface area contributed by atoms with E-state index in [9.17, 15) is 4.79 Å². The van der Waals surface area contributed by atoms with Gasteiger partial charge in [-0.25, -0.2) is 9.97 Å². The fourth-order valence-electron chi connectivity index (χ4n) is 2.66. The third-order valence-electron chi connectivity index (χ3n) is 4.47. The number of rotatable bonds is 10. The van der Waals surface area contributed by atoms with E-state index in [0.717, 1.165) is 18.9 Å². The minimum Gasteiger partial charge on any atom is -0.493 e. The van der Waals surface area contributed by atoms with Crippen LogP contribution in [0.5, 0.6) is 5.75 Å². The topological polar surface area (TPSA) is 90.6 Å². The average molecular weight is 370 g/mol. The van der Waals surface area contributed by atoms with Crippen molar-refractivity contribution < 1.29 is 14.3 Å². The number of nitrogens with two attached hydrogens (primary N) is 1. The van der Waals surface area contributed by atoms with E-state index >= 15 is 0 Å². The second-order valence-electron chi connectivity index (χ2n) is 6.89. The van der Waals surface area contributed by atoms with Crippen LogP contribution in [-0.4, -0.2) is 61.1 Å². The molecule has 0 saturated heterocycles. The largest absolute Gasteiger partial charge is 0.493 e. The highest BCUT2D eigenvalue weighted by atomic mass is 16.5. The third-order valence-corrected chi connectivity index (χ3v) is 4.47. The van der Waals surface area contributed by atoms with E-state index in [-0.39, 0.29) is 11.7 Å². The van der Waals surface area contributed by atoms with Crippen molar-refractivity contribution in [3.05, 3.63) is 36.0 Å². The average Bonchev–Trinajstić information content (AvgIpc) is 3.48. The maximum absolute atomic E-state index is 12.6. The summed E-state index contributed by atoms with van der Waals surface area (Å²) in [4.78, 5) is 23.1. The number of carbonyl (C=O) groups excluding carboxylic acids is 1. The van der Waals surface area contributed by atoms with Crippen molar-refractivity contribution in [3.63, 3.8) is 0 Å². The lowest BCUT2D eigenvalue weighted by Gasteiger charge is -2.12. The van der Waals surface area contributed by atoms with Gasteiger partial charge < -0.3 is 20.1 Å². The smallest absolute Gasteiger partial charge is 0.221 e. The fraction of sp³-hybridized carbons (Fsp3) is 0.450. The van der Waals surface area contributed by atoms with Crippen LogP contribution in [0.4, 0.5) is 5.95 Å². The van der Waals surface area contributed by atoms with Crippen molar-refractivity contribution in [2.24, 2.45) is 5.92 Å². The molecule has 0 bridgehead atoms. The Hall–Kier alpha value is -2.51. The first kappa shape index (κ1) is 19.3. The number of allylic oxidation sites excluding steroid dienone is 1. The number of nitrogen functional groups attached to an aromatic ring is 1. The normalized spacial score (nSPS) is 14.3. The molecule has 2 aromatic rings. The predicted octanol–water partition coefficient (Wildman–Crippen LogP) is 2.32. The molecular weight excluding hydrogens is 344 g/mol. The van der Waals surface area contributed by atoms with E-state index in [0.29, 0.717) is 35.7 Å². The number of aromatic nitrogens is 2. The maximum Gasteiger partial charge on any atom is 0.221 e. The van der Waals surface area contributed by atoms with Gasteiger partial charge in [-0.05, 0) is 44.0 Å². The van der Waals surface area contributed by atoms with Gasteiger partial charge in [0, 0.05) is 31.7 Å². The molecule has 2 N–H and O–H groups in total. The summed E-state index contributed by atoms with van der Waals surface area (Å²) >= 11 is 0. The third kappa shape index (κ3) is 5.48. The zero-order valence-corrected chi connectivity index (χ0v) is 15.9. The molecule has 1 aromatic carbocycles. The zero-order chi connectivity index (χ0) is 19.2. The fourth-order valence-corrected chi connectivity index (χ4v) is 2.66. The van der Waals surface area contributed by atoms with Crippen molar-refractivity contribution in [2.75, 3.05) is 46.2 Å². The van der Waals surface area contributed by atoms with Gasteiger partial charge in [-0.1, -0.05) is 6.08 Å². The second kappa shape index (κ2) is 8.92. The molecule has 1 aromatic heterocycles. The van der Waals surface area contributed by atoms with Gasteiger partial charge >= 0.3 is 0 Å². The molecule has 144 valence electrons. The molecule has 7 heteroatoms. The number of nitrogens with zero attached hydrogens (tertiary/aromatic N) is 3. The highest BCUT2D eigenvalue weighted by Gasteiger charge is 2.22. The minimum atomic E-state index is -0.194. The molecule has 3 rings (SSSR count). The first-order valence-corrected chi connectivity index (χ1v) is 9.15. The van der Waals surface area contributed by atoms with Crippen LogP contribution in [0.1, 0.15) is 23.3 Å². The number of hydrogen-bond acceptors (Lipinski definition) is 7. The number of anilines is 1. The monoisotopic (exact) mass is 370 g/mol. The number of carbonyl (C=O) groups is 1. The van der Waals surface area contributed by atoms with Gasteiger partial charge in [0.1, 0.15) is 11.4 Å². The molecule has 0 amide bonds.